The lowest BCUT2D eigenvalue weighted by Crippen LogP contribution is -1.95. The lowest BCUT2D eigenvalue weighted by molar-refractivity contribution is -0.105. The first kappa shape index (κ1) is 10.4. The van der Waals surface area contributed by atoms with Gasteiger partial charge >= 0.3 is 0 Å². The number of rotatable bonds is 2. The summed E-state index contributed by atoms with van der Waals surface area (Å²) in [6.45, 7) is 0. The molecule has 1 aromatic carbocycles. The summed E-state index contributed by atoms with van der Waals surface area (Å²) >= 11 is 9.28. The Morgan fingerprint density at radius 3 is 2.87 bits per heavy atom. The van der Waals surface area contributed by atoms with E-state index in [0.29, 0.717) is 17.3 Å². The molecule has 1 heterocycles. The van der Waals surface area contributed by atoms with Crippen LogP contribution in [0.15, 0.2) is 28.9 Å². The van der Waals surface area contributed by atoms with Gasteiger partial charge in [0.15, 0.2) is 0 Å². The normalized spacial score (nSPS) is 10.3. The van der Waals surface area contributed by atoms with Crippen LogP contribution < -0.4 is 5.32 Å². The van der Waals surface area contributed by atoms with Crippen LogP contribution in [0.5, 0.6) is 0 Å². The largest absolute Gasteiger partial charge is 0.313 e. The Hall–Kier alpha value is -1.13. The van der Waals surface area contributed by atoms with Gasteiger partial charge in [0.05, 0.1) is 5.02 Å². The van der Waals surface area contributed by atoms with Gasteiger partial charge in [-0.05, 0) is 39.5 Å². The van der Waals surface area contributed by atoms with E-state index in [4.69, 9.17) is 11.6 Å². The number of nitrogens with zero attached hydrogens (tertiary/aromatic N) is 1. The van der Waals surface area contributed by atoms with E-state index in [0.717, 1.165) is 15.2 Å². The molecule has 0 spiro atoms. The highest BCUT2D eigenvalue weighted by Gasteiger charge is 2.02. The predicted octanol–water partition coefficient (Wildman–Crippen LogP) is 3.22. The van der Waals surface area contributed by atoms with Crippen molar-refractivity contribution in [2.45, 2.75) is 0 Å². The number of aromatic nitrogens is 1. The quantitative estimate of drug-likeness (QED) is 0.861. The van der Waals surface area contributed by atoms with Crippen LogP contribution in [0.1, 0.15) is 0 Å². The molecule has 1 amide bonds. The summed E-state index contributed by atoms with van der Waals surface area (Å²) in [7, 11) is 0. The molecule has 0 radical (unpaired) electrons. The SMILES string of the molecule is O=CNc1cc2cc(Br)c(Cl)cc2cn1. The van der Waals surface area contributed by atoms with E-state index in [1.807, 2.05) is 12.1 Å². The van der Waals surface area contributed by atoms with E-state index in [2.05, 4.69) is 26.2 Å². The van der Waals surface area contributed by atoms with Crippen LogP contribution in [-0.2, 0) is 4.79 Å². The molecule has 2 rings (SSSR count). The first-order valence-electron chi connectivity index (χ1n) is 4.15. The second kappa shape index (κ2) is 4.16. The number of fused-ring (bicyclic) bond motifs is 1. The number of hydrogen-bond acceptors (Lipinski definition) is 2. The number of carbonyl (C=O) groups excluding carboxylic acids is 1. The molecule has 0 aliphatic heterocycles. The van der Waals surface area contributed by atoms with Gasteiger partial charge in [-0.15, -0.1) is 0 Å². The van der Waals surface area contributed by atoms with Gasteiger partial charge in [-0.2, -0.15) is 0 Å². The van der Waals surface area contributed by atoms with Crippen molar-refractivity contribution in [1.82, 2.24) is 4.98 Å². The van der Waals surface area contributed by atoms with E-state index in [9.17, 15) is 4.79 Å². The molecule has 1 aromatic heterocycles. The fraction of sp³-hybridized carbons (Fsp3) is 0. The molecule has 0 aliphatic rings. The summed E-state index contributed by atoms with van der Waals surface area (Å²) < 4.78 is 0.819. The highest BCUT2D eigenvalue weighted by atomic mass is 79.9. The van der Waals surface area contributed by atoms with Crippen molar-refractivity contribution < 1.29 is 4.79 Å². The fourth-order valence-electron chi connectivity index (χ4n) is 1.28. The number of nitrogens with one attached hydrogen (secondary N) is 1. The maximum absolute atomic E-state index is 10.2. The maximum atomic E-state index is 10.2. The maximum Gasteiger partial charge on any atom is 0.212 e. The number of carbonyl (C=O) groups is 1. The van der Waals surface area contributed by atoms with Gasteiger partial charge in [-0.25, -0.2) is 4.98 Å². The number of amides is 1. The molecule has 0 saturated carbocycles. The standard InChI is InChI=1S/C10H6BrClN2O/c11-8-1-6-3-10(14-5-15)13-4-7(6)2-9(8)12/h1-5H,(H,13,14,15). The summed E-state index contributed by atoms with van der Waals surface area (Å²) in [5, 5.41) is 5.03. The van der Waals surface area contributed by atoms with Gasteiger partial charge < -0.3 is 5.32 Å². The van der Waals surface area contributed by atoms with Crippen LogP contribution in [0.3, 0.4) is 0 Å². The fourth-order valence-corrected chi connectivity index (χ4v) is 1.81. The average molecular weight is 286 g/mol. The molecule has 3 nitrogen and oxygen atoms in total. The van der Waals surface area contributed by atoms with E-state index < -0.39 is 0 Å². The molecule has 1 N–H and O–H groups in total. The number of halogens is 2. The zero-order valence-electron chi connectivity index (χ0n) is 7.50. The van der Waals surface area contributed by atoms with Crippen LogP contribution in [0.2, 0.25) is 5.02 Å². The van der Waals surface area contributed by atoms with Crippen molar-refractivity contribution in [3.8, 4) is 0 Å². The van der Waals surface area contributed by atoms with Crippen molar-refractivity contribution >= 4 is 50.5 Å². The molecule has 0 saturated heterocycles. The monoisotopic (exact) mass is 284 g/mol. The van der Waals surface area contributed by atoms with Gasteiger partial charge in [0.1, 0.15) is 5.82 Å². The minimum Gasteiger partial charge on any atom is -0.313 e. The number of hydrogen-bond donors (Lipinski definition) is 1. The topological polar surface area (TPSA) is 42.0 Å². The van der Waals surface area contributed by atoms with Crippen LogP contribution in [-0.4, -0.2) is 11.4 Å². The van der Waals surface area contributed by atoms with Crippen LogP contribution >= 0.6 is 27.5 Å². The second-order valence-corrected chi connectivity index (χ2v) is 4.21. The van der Waals surface area contributed by atoms with Crippen LogP contribution in [0.4, 0.5) is 5.82 Å². The highest BCUT2D eigenvalue weighted by Crippen LogP contribution is 2.28. The third kappa shape index (κ3) is 2.11. The number of anilines is 1. The van der Waals surface area contributed by atoms with Gasteiger partial charge in [0.25, 0.3) is 0 Å². The van der Waals surface area contributed by atoms with Crippen molar-refractivity contribution in [3.63, 3.8) is 0 Å². The molecule has 76 valence electrons. The van der Waals surface area contributed by atoms with E-state index >= 15 is 0 Å². The summed E-state index contributed by atoms with van der Waals surface area (Å²) in [5.74, 6) is 0.520. The Bertz CT molecular complexity index is 530. The molecule has 0 unspecified atom stereocenters. The zero-order chi connectivity index (χ0) is 10.8. The van der Waals surface area contributed by atoms with Crippen molar-refractivity contribution in [2.75, 3.05) is 5.32 Å². The summed E-state index contributed by atoms with van der Waals surface area (Å²) in [6.07, 6.45) is 2.26. The van der Waals surface area contributed by atoms with Gasteiger partial charge in [-0.3, -0.25) is 4.79 Å². The smallest absolute Gasteiger partial charge is 0.212 e. The number of benzene rings is 1. The zero-order valence-corrected chi connectivity index (χ0v) is 9.84. The van der Waals surface area contributed by atoms with Gasteiger partial charge in [-0.1, -0.05) is 11.6 Å². The van der Waals surface area contributed by atoms with E-state index in [1.165, 1.54) is 0 Å². The van der Waals surface area contributed by atoms with Crippen LogP contribution in [0, 0.1) is 0 Å². The molecule has 0 atom stereocenters. The minimum atomic E-state index is 0.520. The molecule has 0 fully saturated rings. The Kier molecular flexibility index (Phi) is 2.88. The molecule has 0 aliphatic carbocycles. The van der Waals surface area contributed by atoms with Crippen LogP contribution in [0.25, 0.3) is 10.8 Å². The lowest BCUT2D eigenvalue weighted by atomic mass is 10.2. The van der Waals surface area contributed by atoms with Crippen molar-refractivity contribution in [3.05, 3.63) is 33.9 Å². The Morgan fingerprint density at radius 1 is 1.33 bits per heavy atom. The predicted molar refractivity (Wildman–Crippen MR) is 64.1 cm³/mol. The molecule has 5 heteroatoms. The number of pyridine rings is 1. The third-order valence-electron chi connectivity index (χ3n) is 1.97. The van der Waals surface area contributed by atoms with E-state index in [1.54, 1.807) is 12.3 Å². The molecule has 15 heavy (non-hydrogen) atoms. The van der Waals surface area contributed by atoms with Crippen molar-refractivity contribution in [1.29, 1.82) is 0 Å². The third-order valence-corrected chi connectivity index (χ3v) is 3.16. The first-order chi connectivity index (χ1) is 7.20. The Morgan fingerprint density at radius 2 is 2.13 bits per heavy atom. The van der Waals surface area contributed by atoms with Crippen molar-refractivity contribution in [2.24, 2.45) is 0 Å². The Balaban J connectivity index is 2.61. The average Bonchev–Trinajstić information content (AvgIpc) is 2.21. The van der Waals surface area contributed by atoms with Gasteiger partial charge in [0.2, 0.25) is 6.41 Å². The van der Waals surface area contributed by atoms with E-state index in [-0.39, 0.29) is 0 Å². The molecular weight excluding hydrogens is 279 g/mol. The Labute approximate surface area is 99.6 Å². The lowest BCUT2D eigenvalue weighted by Gasteiger charge is -2.03. The molecular formula is C10H6BrClN2O. The molecule has 2 aromatic rings. The van der Waals surface area contributed by atoms with Gasteiger partial charge in [0, 0.05) is 16.1 Å². The summed E-state index contributed by atoms with van der Waals surface area (Å²) in [5.41, 5.74) is 0. The summed E-state index contributed by atoms with van der Waals surface area (Å²) in [4.78, 5) is 14.3. The highest BCUT2D eigenvalue weighted by molar-refractivity contribution is 9.10. The second-order valence-electron chi connectivity index (χ2n) is 2.95. The molecule has 0 bridgehead atoms. The summed E-state index contributed by atoms with van der Waals surface area (Å²) in [6, 6.07) is 5.48. The minimum absolute atomic E-state index is 0.520. The first-order valence-corrected chi connectivity index (χ1v) is 5.33.